The minimum atomic E-state index is -0.0228. The molecule has 0 spiro atoms. The summed E-state index contributed by atoms with van der Waals surface area (Å²) < 4.78 is 10.5. The molecule has 0 atom stereocenters. The van der Waals surface area contributed by atoms with Crippen molar-refractivity contribution in [2.24, 2.45) is 0 Å². The summed E-state index contributed by atoms with van der Waals surface area (Å²) in [6.07, 6.45) is 0. The molecule has 0 radical (unpaired) electrons. The number of ether oxygens (including phenoxy) is 2. The molecule has 0 N–H and O–H groups in total. The molecule has 25 heavy (non-hydrogen) atoms. The first-order chi connectivity index (χ1) is 11.6. The number of hydrogen-bond donors (Lipinski definition) is 0. The van der Waals surface area contributed by atoms with Gasteiger partial charge in [-0.3, -0.25) is 9.69 Å². The number of benzene rings is 2. The van der Waals surface area contributed by atoms with E-state index < -0.39 is 0 Å². The molecule has 0 saturated heterocycles. The van der Waals surface area contributed by atoms with Crippen LogP contribution < -0.4 is 9.47 Å². The van der Waals surface area contributed by atoms with E-state index >= 15 is 0 Å². The summed E-state index contributed by atoms with van der Waals surface area (Å²) in [6.45, 7) is 7.24. The van der Waals surface area contributed by atoms with Gasteiger partial charge in [-0.05, 0) is 36.9 Å². The Balaban J connectivity index is 0.00000312. The Kier molecular flexibility index (Phi) is 8.46. The van der Waals surface area contributed by atoms with E-state index in [0.717, 1.165) is 19.6 Å². The van der Waals surface area contributed by atoms with Crippen LogP contribution in [0.1, 0.15) is 35.3 Å². The van der Waals surface area contributed by atoms with E-state index in [1.54, 1.807) is 32.4 Å². The zero-order valence-corrected chi connectivity index (χ0v) is 16.1. The summed E-state index contributed by atoms with van der Waals surface area (Å²) in [5.74, 6) is 1.15. The number of carbonyl (C=O) groups excluding carboxylic acids is 1. The third-order valence-corrected chi connectivity index (χ3v) is 4.16. The van der Waals surface area contributed by atoms with Crippen molar-refractivity contribution in [3.8, 4) is 11.5 Å². The Bertz CT molecular complexity index is 682. The van der Waals surface area contributed by atoms with Crippen molar-refractivity contribution in [3.63, 3.8) is 0 Å². The van der Waals surface area contributed by atoms with E-state index in [-0.39, 0.29) is 18.2 Å². The lowest BCUT2D eigenvalue weighted by molar-refractivity contribution is 0.103. The van der Waals surface area contributed by atoms with Crippen molar-refractivity contribution in [2.75, 3.05) is 27.3 Å². The first-order valence-electron chi connectivity index (χ1n) is 8.20. The van der Waals surface area contributed by atoms with E-state index in [4.69, 9.17) is 9.47 Å². The van der Waals surface area contributed by atoms with Gasteiger partial charge in [0.1, 0.15) is 0 Å². The number of halogens is 1. The Hall–Kier alpha value is -2.04. The Labute approximate surface area is 156 Å². The molecule has 0 bridgehead atoms. The van der Waals surface area contributed by atoms with Crippen LogP contribution in [0.15, 0.2) is 42.5 Å². The normalized spacial score (nSPS) is 10.3. The monoisotopic (exact) mass is 363 g/mol. The number of methoxy groups -OCH3 is 2. The topological polar surface area (TPSA) is 38.8 Å². The van der Waals surface area contributed by atoms with Crippen molar-refractivity contribution in [1.29, 1.82) is 0 Å². The maximum atomic E-state index is 12.7. The molecule has 0 aliphatic heterocycles. The molecule has 0 aliphatic rings. The van der Waals surface area contributed by atoms with E-state index in [0.29, 0.717) is 22.6 Å². The molecule has 0 aromatic heterocycles. The summed E-state index contributed by atoms with van der Waals surface area (Å²) in [4.78, 5) is 15.0. The van der Waals surface area contributed by atoms with Crippen LogP contribution in [0.5, 0.6) is 11.5 Å². The SMILES string of the molecule is CCN(CC)Cc1ccc(C(=O)c2ccc(OC)c(OC)c2)cc1.Cl. The smallest absolute Gasteiger partial charge is 0.193 e. The molecule has 2 aromatic carbocycles. The van der Waals surface area contributed by atoms with Gasteiger partial charge >= 0.3 is 0 Å². The van der Waals surface area contributed by atoms with E-state index in [2.05, 4.69) is 18.7 Å². The quantitative estimate of drug-likeness (QED) is 0.659. The largest absolute Gasteiger partial charge is 0.493 e. The van der Waals surface area contributed by atoms with Crippen molar-refractivity contribution in [3.05, 3.63) is 59.2 Å². The molecule has 136 valence electrons. The molecule has 0 fully saturated rings. The minimum absolute atomic E-state index is 0. The highest BCUT2D eigenvalue weighted by atomic mass is 35.5. The van der Waals surface area contributed by atoms with Gasteiger partial charge in [0.25, 0.3) is 0 Å². The van der Waals surface area contributed by atoms with Gasteiger partial charge in [-0.1, -0.05) is 38.1 Å². The van der Waals surface area contributed by atoms with Gasteiger partial charge in [-0.2, -0.15) is 0 Å². The molecular weight excluding hydrogens is 338 g/mol. The summed E-state index contributed by atoms with van der Waals surface area (Å²) in [7, 11) is 3.14. The predicted octanol–water partition coefficient (Wildman–Crippen LogP) is 4.20. The maximum absolute atomic E-state index is 12.7. The second-order valence-electron chi connectivity index (χ2n) is 5.56. The van der Waals surface area contributed by atoms with Crippen LogP contribution >= 0.6 is 12.4 Å². The second-order valence-corrected chi connectivity index (χ2v) is 5.56. The number of ketones is 1. The van der Waals surface area contributed by atoms with Crippen LogP contribution in [-0.2, 0) is 6.54 Å². The summed E-state index contributed by atoms with van der Waals surface area (Å²) >= 11 is 0. The maximum Gasteiger partial charge on any atom is 0.193 e. The second kappa shape index (κ2) is 10.1. The molecule has 0 aliphatic carbocycles. The van der Waals surface area contributed by atoms with E-state index in [1.807, 2.05) is 24.3 Å². The van der Waals surface area contributed by atoms with E-state index in [1.165, 1.54) is 5.56 Å². The highest BCUT2D eigenvalue weighted by Gasteiger charge is 2.13. The Morgan fingerprint density at radius 2 is 1.44 bits per heavy atom. The molecule has 5 heteroatoms. The van der Waals surface area contributed by atoms with Crippen LogP contribution in [0.2, 0.25) is 0 Å². The molecule has 0 saturated carbocycles. The molecule has 2 rings (SSSR count). The zero-order chi connectivity index (χ0) is 17.5. The number of hydrogen-bond acceptors (Lipinski definition) is 4. The molecule has 0 amide bonds. The molecule has 0 unspecified atom stereocenters. The minimum Gasteiger partial charge on any atom is -0.493 e. The standard InChI is InChI=1S/C20H25NO3.ClH/c1-5-21(6-2)14-15-7-9-16(10-8-15)20(22)17-11-12-18(23-3)19(13-17)24-4;/h7-13H,5-6,14H2,1-4H3;1H. The van der Waals surface area contributed by atoms with Crippen molar-refractivity contribution < 1.29 is 14.3 Å². The molecule has 4 nitrogen and oxygen atoms in total. The molecule has 0 heterocycles. The third-order valence-electron chi connectivity index (χ3n) is 4.16. The van der Waals surface area contributed by atoms with Gasteiger partial charge in [-0.25, -0.2) is 0 Å². The van der Waals surface area contributed by atoms with Crippen LogP contribution in [0.25, 0.3) is 0 Å². The van der Waals surface area contributed by atoms with Crippen LogP contribution in [0.4, 0.5) is 0 Å². The lowest BCUT2D eigenvalue weighted by atomic mass is 10.0. The Morgan fingerprint density at radius 1 is 0.880 bits per heavy atom. The van der Waals surface area contributed by atoms with Crippen molar-refractivity contribution in [2.45, 2.75) is 20.4 Å². The van der Waals surface area contributed by atoms with Crippen molar-refractivity contribution >= 4 is 18.2 Å². The fourth-order valence-electron chi connectivity index (χ4n) is 2.61. The van der Waals surface area contributed by atoms with Gasteiger partial charge in [0.15, 0.2) is 17.3 Å². The fraction of sp³-hybridized carbons (Fsp3) is 0.350. The summed E-state index contributed by atoms with van der Waals surface area (Å²) in [6, 6.07) is 13.0. The lowest BCUT2D eigenvalue weighted by Gasteiger charge is -2.18. The lowest BCUT2D eigenvalue weighted by Crippen LogP contribution is -2.22. The van der Waals surface area contributed by atoms with E-state index in [9.17, 15) is 4.79 Å². The fourth-order valence-corrected chi connectivity index (χ4v) is 2.61. The van der Waals surface area contributed by atoms with Crippen molar-refractivity contribution in [1.82, 2.24) is 4.90 Å². The van der Waals surface area contributed by atoms with Gasteiger partial charge < -0.3 is 9.47 Å². The number of rotatable bonds is 8. The van der Waals surface area contributed by atoms with Gasteiger partial charge in [0.2, 0.25) is 0 Å². The first kappa shape index (κ1) is 21.0. The summed E-state index contributed by atoms with van der Waals surface area (Å²) in [5.41, 5.74) is 2.47. The first-order valence-corrected chi connectivity index (χ1v) is 8.20. The Morgan fingerprint density at radius 3 is 1.96 bits per heavy atom. The highest BCUT2D eigenvalue weighted by molar-refractivity contribution is 6.09. The average Bonchev–Trinajstić information content (AvgIpc) is 2.65. The number of carbonyl (C=O) groups is 1. The highest BCUT2D eigenvalue weighted by Crippen LogP contribution is 2.28. The van der Waals surface area contributed by atoms with Crippen LogP contribution in [0.3, 0.4) is 0 Å². The van der Waals surface area contributed by atoms with Gasteiger partial charge in [0, 0.05) is 17.7 Å². The van der Waals surface area contributed by atoms with Gasteiger partial charge in [-0.15, -0.1) is 12.4 Å². The van der Waals surface area contributed by atoms with Gasteiger partial charge in [0.05, 0.1) is 14.2 Å². The molecule has 2 aromatic rings. The molecular formula is C20H26ClNO3. The average molecular weight is 364 g/mol. The zero-order valence-electron chi connectivity index (χ0n) is 15.2. The predicted molar refractivity (Wildman–Crippen MR) is 103 cm³/mol. The summed E-state index contributed by atoms with van der Waals surface area (Å²) in [5, 5.41) is 0. The number of nitrogens with zero attached hydrogens (tertiary/aromatic N) is 1. The van der Waals surface area contributed by atoms with Crippen LogP contribution in [0, 0.1) is 0 Å². The third kappa shape index (κ3) is 5.21. The van der Waals surface area contributed by atoms with Crippen LogP contribution in [-0.4, -0.2) is 38.0 Å².